The summed E-state index contributed by atoms with van der Waals surface area (Å²) in [5.41, 5.74) is 6.00. The van der Waals surface area contributed by atoms with Crippen LogP contribution in [0.5, 0.6) is 11.9 Å². The number of nitrogens with zero attached hydrogens (tertiary/aromatic N) is 13. The predicted molar refractivity (Wildman–Crippen MR) is 298 cm³/mol. The number of anilines is 4. The highest BCUT2D eigenvalue weighted by Crippen LogP contribution is 2.38. The summed E-state index contributed by atoms with van der Waals surface area (Å²) >= 11 is 6.80. The van der Waals surface area contributed by atoms with Gasteiger partial charge < -0.3 is 44.4 Å². The first-order valence-electron chi connectivity index (χ1n) is 27.2. The van der Waals surface area contributed by atoms with Crippen LogP contribution in [0, 0.1) is 11.3 Å². The Morgan fingerprint density at radius 2 is 1.84 bits per heavy atom. The molecule has 3 saturated heterocycles. The molecule has 6 aromatic rings. The van der Waals surface area contributed by atoms with E-state index in [0.717, 1.165) is 138 Å². The normalized spacial score (nSPS) is 19.2. The van der Waals surface area contributed by atoms with Gasteiger partial charge in [0.25, 0.3) is 0 Å². The molecule has 0 spiro atoms. The van der Waals surface area contributed by atoms with Crippen molar-refractivity contribution in [1.82, 2.24) is 44.2 Å². The third-order valence-electron chi connectivity index (χ3n) is 15.6. The van der Waals surface area contributed by atoms with Crippen molar-refractivity contribution in [3.63, 3.8) is 0 Å². The molecule has 0 radical (unpaired) electrons. The molecule has 0 saturated carbocycles. The lowest BCUT2D eigenvalue weighted by atomic mass is 9.99. The van der Waals surface area contributed by atoms with E-state index in [0.29, 0.717) is 77.0 Å². The zero-order valence-electron chi connectivity index (χ0n) is 44.2. The van der Waals surface area contributed by atoms with Crippen molar-refractivity contribution >= 4 is 57.1 Å². The number of fused-ring (bicyclic) bond motifs is 3. The maximum atomic E-state index is 13.8. The number of nitrogens with one attached hydrogen (secondary N) is 1. The number of carbonyl (C=O) groups excluding carboxylic acids is 1. The second kappa shape index (κ2) is 24.5. The highest BCUT2D eigenvalue weighted by Gasteiger charge is 2.34. The Morgan fingerprint density at radius 1 is 0.974 bits per heavy atom. The number of aromatic nitrogens is 6. The summed E-state index contributed by atoms with van der Waals surface area (Å²) in [5, 5.41) is 30.9. The molecule has 0 aliphatic carbocycles. The number of ether oxygens (including phenoxy) is 2. The number of nitriles is 1. The third kappa shape index (κ3) is 11.9. The van der Waals surface area contributed by atoms with E-state index < -0.39 is 0 Å². The number of amides is 1. The number of likely N-dealkylation sites (N-methyl/N-ethyl adjacent to an activating group) is 2. The van der Waals surface area contributed by atoms with Crippen LogP contribution in [-0.2, 0) is 30.7 Å². The van der Waals surface area contributed by atoms with E-state index in [4.69, 9.17) is 36.0 Å². The van der Waals surface area contributed by atoms with Crippen LogP contribution >= 0.6 is 11.6 Å². The van der Waals surface area contributed by atoms with Crippen LogP contribution < -0.4 is 29.5 Å². The Bertz CT molecular complexity index is 3030. The SMILES string of the molecule is CCc1cnn2c(NCc3ccc(OCCN(C)C/C=C/C(=O)N4CCN(c5nc(OC[C@@H]6CCCN6C)nc6c5CCN(c5cccc7cccc(Cl)c57)C6)C[C@@H]4CC#N)nc3)cc(N3CCCC[C@H]3CCO)nc12. The van der Waals surface area contributed by atoms with Crippen LogP contribution in [0.15, 0.2) is 79.1 Å². The van der Waals surface area contributed by atoms with Crippen molar-refractivity contribution < 1.29 is 19.4 Å². The lowest BCUT2D eigenvalue weighted by Gasteiger charge is -2.42. The fourth-order valence-corrected chi connectivity index (χ4v) is 11.6. The summed E-state index contributed by atoms with van der Waals surface area (Å²) in [7, 11) is 4.13. The van der Waals surface area contributed by atoms with Gasteiger partial charge in [-0.3, -0.25) is 9.69 Å². The monoisotopic (exact) mass is 1050 g/mol. The van der Waals surface area contributed by atoms with Gasteiger partial charge in [-0.25, -0.2) is 9.97 Å². The first kappa shape index (κ1) is 52.7. The van der Waals surface area contributed by atoms with Crippen LogP contribution in [0.25, 0.3) is 16.4 Å². The van der Waals surface area contributed by atoms with Crippen molar-refractivity contribution in [1.29, 1.82) is 5.26 Å². The van der Waals surface area contributed by atoms with Crippen LogP contribution in [0.2, 0.25) is 5.02 Å². The number of likely N-dealkylation sites (tertiary alicyclic amines) is 1. The topological polar surface area (TPSA) is 180 Å². The van der Waals surface area contributed by atoms with Gasteiger partial charge in [0.15, 0.2) is 5.65 Å². The minimum Gasteiger partial charge on any atom is -0.476 e. The van der Waals surface area contributed by atoms with Gasteiger partial charge in [-0.1, -0.05) is 54.9 Å². The number of rotatable bonds is 20. The molecule has 0 unspecified atom stereocenters. The highest BCUT2D eigenvalue weighted by atomic mass is 35.5. The standard InChI is InChI=1S/C57H71ClN14O4/c1-4-41-36-62-72-50(33-51(64-55(41)72)70-26-6-5-13-43(70)22-31-73)60-34-40-18-19-52(61-35-40)75-32-30-66(2)24-10-17-53(74)71-29-28-69(37-44(71)20-23-59)56-46-21-27-68(49-16-8-12-42-11-7-15-47(58)54(42)49)38-48(46)63-57(65-56)76-39-45-14-9-25-67(45)3/h7-8,10-12,15-19,33,35-36,43-45,60,73H,4-6,9,13-14,20-22,24-32,34,37-39H2,1-3H3/b17-10+/t43-,44-,45-/m0/s1. The fourth-order valence-electron chi connectivity index (χ4n) is 11.3. The largest absolute Gasteiger partial charge is 0.476 e. The van der Waals surface area contributed by atoms with E-state index in [1.54, 1.807) is 6.08 Å². The molecule has 19 heteroatoms. The summed E-state index contributed by atoms with van der Waals surface area (Å²) in [5.74, 6) is 3.02. The fraction of sp³-hybridized carbons (Fsp3) is 0.491. The van der Waals surface area contributed by atoms with Crippen molar-refractivity contribution in [3.8, 4) is 18.0 Å². The summed E-state index contributed by atoms with van der Waals surface area (Å²) < 4.78 is 14.3. The van der Waals surface area contributed by atoms with E-state index in [2.05, 4.69) is 90.3 Å². The molecule has 3 fully saturated rings. The number of pyridine rings is 1. The Hall–Kier alpha value is -6.78. The first-order chi connectivity index (χ1) is 37.2. The Labute approximate surface area is 450 Å². The number of hydrogen-bond donors (Lipinski definition) is 2. The molecule has 8 heterocycles. The number of aliphatic hydroxyl groups is 1. The minimum atomic E-state index is -0.322. The molecule has 0 bridgehead atoms. The number of halogens is 1. The molecule has 76 heavy (non-hydrogen) atoms. The Morgan fingerprint density at radius 3 is 2.64 bits per heavy atom. The molecule has 2 aromatic carbocycles. The molecular weight excluding hydrogens is 980 g/mol. The lowest BCUT2D eigenvalue weighted by molar-refractivity contribution is -0.128. The van der Waals surface area contributed by atoms with E-state index >= 15 is 0 Å². The maximum absolute atomic E-state index is 13.8. The van der Waals surface area contributed by atoms with Gasteiger partial charge in [-0.05, 0) is 95.1 Å². The second-order valence-corrected chi connectivity index (χ2v) is 21.0. The average Bonchev–Trinajstić information content (AvgIpc) is 4.09. The van der Waals surface area contributed by atoms with E-state index in [-0.39, 0.29) is 31.0 Å². The molecule has 10 rings (SSSR count). The maximum Gasteiger partial charge on any atom is 0.318 e. The van der Waals surface area contributed by atoms with E-state index in [1.807, 2.05) is 59.2 Å². The summed E-state index contributed by atoms with van der Waals surface area (Å²) in [6.07, 6.45) is 15.2. The highest BCUT2D eigenvalue weighted by molar-refractivity contribution is 6.36. The predicted octanol–water partition coefficient (Wildman–Crippen LogP) is 7.17. The number of carbonyl (C=O) groups is 1. The van der Waals surface area contributed by atoms with Gasteiger partial charge in [0.2, 0.25) is 11.8 Å². The van der Waals surface area contributed by atoms with Gasteiger partial charge in [-0.15, -0.1) is 0 Å². The summed E-state index contributed by atoms with van der Waals surface area (Å²) in [6.45, 7) is 9.70. The third-order valence-corrected chi connectivity index (χ3v) is 15.9. The van der Waals surface area contributed by atoms with Gasteiger partial charge >= 0.3 is 6.01 Å². The zero-order chi connectivity index (χ0) is 52.5. The number of aliphatic hydroxyl groups excluding tert-OH is 1. The second-order valence-electron chi connectivity index (χ2n) is 20.6. The quantitative estimate of drug-likeness (QED) is 0.0735. The van der Waals surface area contributed by atoms with E-state index in [9.17, 15) is 15.2 Å². The average molecular weight is 1050 g/mol. The van der Waals surface area contributed by atoms with Gasteiger partial charge in [0, 0.05) is 118 Å². The van der Waals surface area contributed by atoms with Gasteiger partial charge in [0.1, 0.15) is 30.7 Å². The molecule has 4 aliphatic rings. The number of hydrogen-bond acceptors (Lipinski definition) is 16. The number of piperazine rings is 1. The Balaban J connectivity index is 0.730. The van der Waals surface area contributed by atoms with Crippen molar-refractivity contribution in [2.24, 2.45) is 0 Å². The number of piperidine rings is 1. The minimum absolute atomic E-state index is 0.111. The molecule has 400 valence electrons. The molecule has 4 aromatic heterocycles. The van der Waals surface area contributed by atoms with Crippen LogP contribution in [0.1, 0.15) is 74.3 Å². The van der Waals surface area contributed by atoms with Crippen molar-refractivity contribution in [2.75, 3.05) is 106 Å². The number of aryl methyl sites for hydroxylation is 1. The first-order valence-corrected chi connectivity index (χ1v) is 27.5. The smallest absolute Gasteiger partial charge is 0.318 e. The molecule has 4 aliphatic heterocycles. The van der Waals surface area contributed by atoms with Gasteiger partial charge in [-0.2, -0.15) is 24.8 Å². The lowest BCUT2D eigenvalue weighted by Crippen LogP contribution is -2.55. The molecular formula is C57H71ClN14O4. The van der Waals surface area contributed by atoms with Crippen LogP contribution in [-0.4, -0.2) is 160 Å². The van der Waals surface area contributed by atoms with Gasteiger partial charge in [0.05, 0.1) is 42.0 Å². The Kier molecular flexibility index (Phi) is 17.0. The zero-order valence-corrected chi connectivity index (χ0v) is 44.9. The van der Waals surface area contributed by atoms with E-state index in [1.165, 1.54) is 0 Å². The molecule has 1 amide bonds. The molecule has 3 atom stereocenters. The summed E-state index contributed by atoms with van der Waals surface area (Å²) in [6, 6.07) is 21.2. The number of benzene rings is 2. The van der Waals surface area contributed by atoms with Crippen molar-refractivity contribution in [2.45, 2.75) is 95.9 Å². The molecule has 18 nitrogen and oxygen atoms in total. The van der Waals surface area contributed by atoms with Crippen LogP contribution in [0.3, 0.4) is 0 Å². The van der Waals surface area contributed by atoms with Crippen LogP contribution in [0.4, 0.5) is 23.1 Å². The molecule has 2 N–H and O–H groups in total. The summed E-state index contributed by atoms with van der Waals surface area (Å²) in [4.78, 5) is 46.8. The van der Waals surface area contributed by atoms with Crippen molar-refractivity contribution in [3.05, 3.63) is 107 Å².